The van der Waals surface area contributed by atoms with Gasteiger partial charge >= 0.3 is 0 Å². The maximum absolute atomic E-state index is 4.41. The summed E-state index contributed by atoms with van der Waals surface area (Å²) in [6.07, 6.45) is 2.66. The summed E-state index contributed by atoms with van der Waals surface area (Å²) in [4.78, 5) is 4.41. The second-order valence-corrected chi connectivity index (χ2v) is 4.25. The van der Waals surface area contributed by atoms with E-state index in [2.05, 4.69) is 25.6 Å². The van der Waals surface area contributed by atoms with Gasteiger partial charge in [0.1, 0.15) is 5.52 Å². The van der Waals surface area contributed by atoms with E-state index in [1.54, 1.807) is 6.20 Å². The smallest absolute Gasteiger partial charge is 0.243 e. The van der Waals surface area contributed by atoms with Gasteiger partial charge in [0.15, 0.2) is 0 Å². The molecule has 2 aromatic heterocycles. The Morgan fingerprint density at radius 1 is 1.11 bits per heavy atom. The summed E-state index contributed by atoms with van der Waals surface area (Å²) in [5.74, 6) is 0.556. The van der Waals surface area contributed by atoms with Crippen molar-refractivity contribution >= 4 is 17.0 Å². The summed E-state index contributed by atoms with van der Waals surface area (Å²) in [5, 5.41) is 15.5. The van der Waals surface area contributed by atoms with Crippen LogP contribution in [0.15, 0.2) is 36.5 Å². The number of nitrogens with zero attached hydrogens (tertiary/aromatic N) is 5. The normalized spacial score (nSPS) is 10.8. The van der Waals surface area contributed by atoms with Crippen LogP contribution in [-0.2, 0) is 13.5 Å². The number of aryl methyl sites for hydroxylation is 1. The summed E-state index contributed by atoms with van der Waals surface area (Å²) in [6.45, 7) is 0.750. The van der Waals surface area contributed by atoms with Crippen LogP contribution < -0.4 is 5.32 Å². The molecular weight excluding hydrogens is 240 g/mol. The van der Waals surface area contributed by atoms with E-state index in [0.717, 1.165) is 24.0 Å². The number of anilines is 1. The van der Waals surface area contributed by atoms with Gasteiger partial charge in [-0.3, -0.25) is 4.68 Å². The summed E-state index contributed by atoms with van der Waals surface area (Å²) >= 11 is 0. The average molecular weight is 254 g/mol. The zero-order valence-corrected chi connectivity index (χ0v) is 10.6. The number of para-hydroxylation sites is 1. The highest BCUT2D eigenvalue weighted by molar-refractivity contribution is 5.73. The SMILES string of the molecule is Cn1nccc1CCNc1nnc2ccccc2n1. The van der Waals surface area contributed by atoms with E-state index in [1.807, 2.05) is 42.1 Å². The van der Waals surface area contributed by atoms with Crippen LogP contribution in [-0.4, -0.2) is 31.5 Å². The zero-order chi connectivity index (χ0) is 13.1. The number of aromatic nitrogens is 5. The van der Waals surface area contributed by atoms with Crippen LogP contribution in [0.5, 0.6) is 0 Å². The summed E-state index contributed by atoms with van der Waals surface area (Å²) in [7, 11) is 1.93. The van der Waals surface area contributed by atoms with E-state index in [1.165, 1.54) is 5.69 Å². The molecule has 1 aromatic carbocycles. The van der Waals surface area contributed by atoms with Gasteiger partial charge in [-0.05, 0) is 18.2 Å². The van der Waals surface area contributed by atoms with Gasteiger partial charge in [-0.2, -0.15) is 5.10 Å². The minimum absolute atomic E-state index is 0.556. The van der Waals surface area contributed by atoms with Crippen molar-refractivity contribution in [3.63, 3.8) is 0 Å². The van der Waals surface area contributed by atoms with Gasteiger partial charge in [-0.25, -0.2) is 4.98 Å². The molecule has 0 atom stereocenters. The third-order valence-corrected chi connectivity index (χ3v) is 2.95. The number of hydrogen-bond donors (Lipinski definition) is 1. The van der Waals surface area contributed by atoms with Gasteiger partial charge < -0.3 is 5.32 Å². The molecule has 0 fully saturated rings. The fourth-order valence-electron chi connectivity index (χ4n) is 1.90. The van der Waals surface area contributed by atoms with Crippen LogP contribution in [0.1, 0.15) is 5.69 Å². The van der Waals surface area contributed by atoms with Crippen LogP contribution in [0.4, 0.5) is 5.95 Å². The van der Waals surface area contributed by atoms with E-state index in [9.17, 15) is 0 Å². The molecule has 3 aromatic rings. The van der Waals surface area contributed by atoms with Crippen LogP contribution in [0.25, 0.3) is 11.0 Å². The van der Waals surface area contributed by atoms with Crippen molar-refractivity contribution < 1.29 is 0 Å². The molecule has 0 amide bonds. The lowest BCUT2D eigenvalue weighted by Gasteiger charge is -2.05. The maximum atomic E-state index is 4.41. The van der Waals surface area contributed by atoms with Crippen molar-refractivity contribution in [3.05, 3.63) is 42.2 Å². The van der Waals surface area contributed by atoms with Crippen molar-refractivity contribution in [2.75, 3.05) is 11.9 Å². The lowest BCUT2D eigenvalue weighted by molar-refractivity contribution is 0.710. The quantitative estimate of drug-likeness (QED) is 0.762. The minimum Gasteiger partial charge on any atom is -0.353 e. The van der Waals surface area contributed by atoms with Crippen molar-refractivity contribution in [2.45, 2.75) is 6.42 Å². The largest absolute Gasteiger partial charge is 0.353 e. The number of rotatable bonds is 4. The van der Waals surface area contributed by atoms with Crippen molar-refractivity contribution in [1.82, 2.24) is 25.0 Å². The molecule has 2 heterocycles. The molecule has 1 N–H and O–H groups in total. The van der Waals surface area contributed by atoms with Crippen molar-refractivity contribution in [3.8, 4) is 0 Å². The molecule has 0 aliphatic heterocycles. The third kappa shape index (κ3) is 2.52. The first-order valence-corrected chi connectivity index (χ1v) is 6.13. The Labute approximate surface area is 110 Å². The number of benzene rings is 1. The Balaban J connectivity index is 1.67. The predicted octanol–water partition coefficient (Wildman–Crippen LogP) is 1.41. The fraction of sp³-hybridized carbons (Fsp3) is 0.231. The first kappa shape index (κ1) is 11.6. The molecule has 96 valence electrons. The van der Waals surface area contributed by atoms with Crippen molar-refractivity contribution in [1.29, 1.82) is 0 Å². The topological polar surface area (TPSA) is 68.5 Å². The molecule has 0 aliphatic carbocycles. The molecule has 0 unspecified atom stereocenters. The van der Waals surface area contributed by atoms with E-state index in [-0.39, 0.29) is 0 Å². The highest BCUT2D eigenvalue weighted by atomic mass is 15.3. The van der Waals surface area contributed by atoms with E-state index >= 15 is 0 Å². The Morgan fingerprint density at radius 2 is 1.95 bits per heavy atom. The molecule has 19 heavy (non-hydrogen) atoms. The highest BCUT2D eigenvalue weighted by Gasteiger charge is 2.02. The Bertz CT molecular complexity index is 690. The number of nitrogens with one attached hydrogen (secondary N) is 1. The zero-order valence-electron chi connectivity index (χ0n) is 10.6. The standard InChI is InChI=1S/C13H14N6/c1-19-10(7-9-15-19)6-8-14-13-16-11-4-2-3-5-12(11)17-18-13/h2-5,7,9H,6,8H2,1H3,(H,14,16,18). The Morgan fingerprint density at radius 3 is 2.74 bits per heavy atom. The van der Waals surface area contributed by atoms with Crippen LogP contribution in [0, 0.1) is 0 Å². The predicted molar refractivity (Wildman–Crippen MR) is 72.7 cm³/mol. The van der Waals surface area contributed by atoms with Gasteiger partial charge in [0, 0.05) is 31.9 Å². The second kappa shape index (κ2) is 5.01. The van der Waals surface area contributed by atoms with E-state index in [4.69, 9.17) is 0 Å². The first-order chi connectivity index (χ1) is 9.33. The minimum atomic E-state index is 0.556. The molecule has 3 rings (SSSR count). The molecule has 0 aliphatic rings. The van der Waals surface area contributed by atoms with Crippen LogP contribution >= 0.6 is 0 Å². The molecule has 6 nitrogen and oxygen atoms in total. The van der Waals surface area contributed by atoms with Gasteiger partial charge in [-0.15, -0.1) is 10.2 Å². The summed E-state index contributed by atoms with van der Waals surface area (Å²) < 4.78 is 1.86. The number of fused-ring (bicyclic) bond motifs is 1. The third-order valence-electron chi connectivity index (χ3n) is 2.95. The Hall–Kier alpha value is -2.50. The van der Waals surface area contributed by atoms with Gasteiger partial charge in [0.2, 0.25) is 5.95 Å². The molecule has 0 spiro atoms. The van der Waals surface area contributed by atoms with E-state index in [0.29, 0.717) is 5.95 Å². The van der Waals surface area contributed by atoms with Gasteiger partial charge in [-0.1, -0.05) is 12.1 Å². The summed E-state index contributed by atoms with van der Waals surface area (Å²) in [6, 6.07) is 9.69. The second-order valence-electron chi connectivity index (χ2n) is 4.25. The molecule has 0 radical (unpaired) electrons. The van der Waals surface area contributed by atoms with Crippen LogP contribution in [0.3, 0.4) is 0 Å². The fourth-order valence-corrected chi connectivity index (χ4v) is 1.90. The highest BCUT2D eigenvalue weighted by Crippen LogP contribution is 2.08. The lowest BCUT2D eigenvalue weighted by Crippen LogP contribution is -2.11. The molecule has 6 heteroatoms. The monoisotopic (exact) mass is 254 g/mol. The summed E-state index contributed by atoms with van der Waals surface area (Å²) in [5.41, 5.74) is 2.82. The lowest BCUT2D eigenvalue weighted by atomic mass is 10.3. The molecule has 0 saturated carbocycles. The van der Waals surface area contributed by atoms with E-state index < -0.39 is 0 Å². The maximum Gasteiger partial charge on any atom is 0.243 e. The first-order valence-electron chi connectivity index (χ1n) is 6.13. The van der Waals surface area contributed by atoms with Crippen LogP contribution in [0.2, 0.25) is 0 Å². The molecule has 0 bridgehead atoms. The number of hydrogen-bond acceptors (Lipinski definition) is 5. The molecular formula is C13H14N6. The Kier molecular flexibility index (Phi) is 3.06. The van der Waals surface area contributed by atoms with Crippen molar-refractivity contribution in [2.24, 2.45) is 7.05 Å². The average Bonchev–Trinajstić information content (AvgIpc) is 2.84. The van der Waals surface area contributed by atoms with Gasteiger partial charge in [0.25, 0.3) is 0 Å². The van der Waals surface area contributed by atoms with Gasteiger partial charge in [0.05, 0.1) is 5.52 Å². The molecule has 0 saturated heterocycles.